The molecule has 0 aromatic carbocycles. The van der Waals surface area contributed by atoms with Gasteiger partial charge < -0.3 is 27.0 Å². The van der Waals surface area contributed by atoms with Crippen LogP contribution < -0.4 is 16.8 Å². The number of nitrogens with two attached hydrogens (primary N) is 2. The van der Waals surface area contributed by atoms with E-state index in [0.29, 0.717) is 12.2 Å². The number of nitrogens with one attached hydrogen (secondary N) is 1. The lowest BCUT2D eigenvalue weighted by molar-refractivity contribution is -0.139. The molecule has 10 heteroatoms. The van der Waals surface area contributed by atoms with Gasteiger partial charge in [-0.15, -0.1) is 0 Å². The Hall–Kier alpha value is -0.970. The lowest BCUT2D eigenvalue weighted by Crippen LogP contribution is -2.43. The van der Waals surface area contributed by atoms with E-state index in [0.717, 1.165) is 0 Å². The molecule has 0 aromatic heterocycles. The number of amides is 1. The van der Waals surface area contributed by atoms with Crippen molar-refractivity contribution < 1.29 is 24.6 Å². The topological polar surface area (TPSA) is 156 Å². The number of rotatable bonds is 7. The number of aliphatic carboxylic acids is 2. The molecule has 7 N–H and O–H groups in total. The molecule has 2 atom stereocenters. The van der Waals surface area contributed by atoms with Gasteiger partial charge in [-0.05, 0) is 12.2 Å². The van der Waals surface area contributed by atoms with Crippen LogP contribution in [0.25, 0.3) is 0 Å². The monoisotopic (exact) mass is 313 g/mol. The lowest BCUT2D eigenvalue weighted by Gasteiger charge is -2.06. The van der Waals surface area contributed by atoms with Crippen LogP contribution in [-0.4, -0.2) is 58.2 Å². The van der Waals surface area contributed by atoms with Crippen molar-refractivity contribution in [3.63, 3.8) is 0 Å². The van der Waals surface area contributed by atoms with Crippen LogP contribution in [0.4, 0.5) is 0 Å². The summed E-state index contributed by atoms with van der Waals surface area (Å²) >= 11 is 7.58. The third-order valence-electron chi connectivity index (χ3n) is 1.70. The highest BCUT2D eigenvalue weighted by Gasteiger charge is 2.11. The predicted molar refractivity (Wildman–Crippen MR) is 76.6 cm³/mol. The Morgan fingerprint density at radius 2 is 1.63 bits per heavy atom. The first-order valence-electron chi connectivity index (χ1n) is 5.21. The zero-order valence-electron chi connectivity index (χ0n) is 10.2. The second kappa shape index (κ2) is 12.1. The molecule has 0 saturated heterocycles. The highest BCUT2D eigenvalue weighted by molar-refractivity contribution is 7.80. The molecule has 0 rings (SSSR count). The van der Waals surface area contributed by atoms with Crippen LogP contribution in [0.5, 0.6) is 0 Å². The van der Waals surface area contributed by atoms with E-state index in [4.69, 9.17) is 21.7 Å². The maximum Gasteiger partial charge on any atom is 0.322 e. The van der Waals surface area contributed by atoms with Crippen molar-refractivity contribution >= 4 is 43.1 Å². The molecule has 0 saturated carbocycles. The molecule has 19 heavy (non-hydrogen) atoms. The zero-order valence-corrected chi connectivity index (χ0v) is 11.9. The summed E-state index contributed by atoms with van der Waals surface area (Å²) in [5.41, 5.74) is 10.3. The molecule has 0 heterocycles. The van der Waals surface area contributed by atoms with Crippen molar-refractivity contribution in [1.29, 1.82) is 0 Å². The molecule has 0 aliphatic carbocycles. The highest BCUT2D eigenvalue weighted by atomic mass is 32.1. The van der Waals surface area contributed by atoms with Gasteiger partial charge in [-0.2, -0.15) is 25.3 Å². The van der Waals surface area contributed by atoms with Gasteiger partial charge in [0.25, 0.3) is 0 Å². The van der Waals surface area contributed by atoms with Crippen LogP contribution in [0.3, 0.4) is 0 Å². The fourth-order valence-electron chi connectivity index (χ4n) is 0.639. The average Bonchev–Trinajstić information content (AvgIpc) is 2.35. The maximum atomic E-state index is 10.7. The predicted octanol–water partition coefficient (Wildman–Crippen LogP) is -1.84. The number of thiol groups is 2. The van der Waals surface area contributed by atoms with Crippen LogP contribution >= 0.6 is 25.3 Å². The quantitative estimate of drug-likeness (QED) is 0.272. The summed E-state index contributed by atoms with van der Waals surface area (Å²) in [4.78, 5) is 30.6. The number of hydrogen-bond acceptors (Lipinski definition) is 7. The standard InChI is InChI=1S/C5H10N2O3S.C4H9NO2S/c6-3(2-11)5(10)7-1-4(8)9;5-3(1-2-8)4(6)7/h3,11H,1-2,6H2,(H,7,10)(H,8,9);3,8H,1-2,5H2,(H,6,7)/t2*3-/m00/s1. The van der Waals surface area contributed by atoms with Gasteiger partial charge in [-0.25, -0.2) is 0 Å². The summed E-state index contributed by atoms with van der Waals surface area (Å²) in [7, 11) is 0. The van der Waals surface area contributed by atoms with Gasteiger partial charge in [0.05, 0.1) is 6.04 Å². The molecule has 0 aliphatic rings. The molecule has 0 aromatic rings. The van der Waals surface area contributed by atoms with E-state index in [1.54, 1.807) is 0 Å². The van der Waals surface area contributed by atoms with Crippen molar-refractivity contribution in [1.82, 2.24) is 5.32 Å². The molecule has 0 unspecified atom stereocenters. The molecule has 8 nitrogen and oxygen atoms in total. The maximum absolute atomic E-state index is 10.7. The lowest BCUT2D eigenvalue weighted by atomic mass is 10.2. The van der Waals surface area contributed by atoms with Crippen molar-refractivity contribution in [3.8, 4) is 0 Å². The smallest absolute Gasteiger partial charge is 0.322 e. The number of carbonyl (C=O) groups excluding carboxylic acids is 1. The van der Waals surface area contributed by atoms with Gasteiger partial charge in [-0.3, -0.25) is 14.4 Å². The molecule has 0 aliphatic heterocycles. The number of hydrogen-bond donors (Lipinski definition) is 7. The Morgan fingerprint density at radius 1 is 1.11 bits per heavy atom. The van der Waals surface area contributed by atoms with Crippen molar-refractivity contribution in [2.75, 3.05) is 18.1 Å². The second-order valence-electron chi connectivity index (χ2n) is 3.36. The molecular formula is C9H19N3O5S2. The van der Waals surface area contributed by atoms with Crippen LogP contribution in [0.1, 0.15) is 6.42 Å². The SMILES string of the molecule is N[C@@H](CCS)C(=O)O.N[C@@H](CS)C(=O)NCC(=O)O. The number of carbonyl (C=O) groups is 3. The highest BCUT2D eigenvalue weighted by Crippen LogP contribution is 1.88. The molecule has 0 spiro atoms. The van der Waals surface area contributed by atoms with Gasteiger partial charge in [0.15, 0.2) is 0 Å². The van der Waals surface area contributed by atoms with E-state index in [1.165, 1.54) is 0 Å². The van der Waals surface area contributed by atoms with Gasteiger partial charge in [0, 0.05) is 5.75 Å². The Labute approximate surface area is 121 Å². The summed E-state index contributed by atoms with van der Waals surface area (Å²) in [6.45, 7) is -0.402. The zero-order chi connectivity index (χ0) is 15.4. The molecule has 0 fully saturated rings. The van der Waals surface area contributed by atoms with Gasteiger partial charge in [0.2, 0.25) is 5.91 Å². The molecule has 1 amide bonds. The fourth-order valence-corrected chi connectivity index (χ4v) is 1.08. The van der Waals surface area contributed by atoms with Crippen molar-refractivity contribution in [3.05, 3.63) is 0 Å². The Bertz CT molecular complexity index is 304. The Morgan fingerprint density at radius 3 is 1.89 bits per heavy atom. The summed E-state index contributed by atoms with van der Waals surface area (Å²) in [6, 6.07) is -1.48. The fraction of sp³-hybridized carbons (Fsp3) is 0.667. The molecular weight excluding hydrogens is 294 g/mol. The van der Waals surface area contributed by atoms with Crippen molar-refractivity contribution in [2.24, 2.45) is 11.5 Å². The van der Waals surface area contributed by atoms with E-state index >= 15 is 0 Å². The minimum absolute atomic E-state index is 0.200. The first-order valence-corrected chi connectivity index (χ1v) is 6.47. The largest absolute Gasteiger partial charge is 0.480 e. The van der Waals surface area contributed by atoms with Crippen LogP contribution in [0.15, 0.2) is 0 Å². The van der Waals surface area contributed by atoms with E-state index in [9.17, 15) is 14.4 Å². The first kappa shape index (κ1) is 20.3. The second-order valence-corrected chi connectivity index (χ2v) is 4.17. The average molecular weight is 313 g/mol. The number of carboxylic acid groups (broad SMARTS) is 2. The Kier molecular flexibility index (Phi) is 12.9. The summed E-state index contributed by atoms with van der Waals surface area (Å²) < 4.78 is 0. The van der Waals surface area contributed by atoms with Crippen molar-refractivity contribution in [2.45, 2.75) is 18.5 Å². The summed E-state index contributed by atoms with van der Waals surface area (Å²) in [6.07, 6.45) is 0.429. The Balaban J connectivity index is 0. The normalized spacial score (nSPS) is 12.6. The minimum atomic E-state index is -1.09. The summed E-state index contributed by atoms with van der Waals surface area (Å²) in [5.74, 6) is -1.83. The third-order valence-corrected chi connectivity index (χ3v) is 2.36. The van der Waals surface area contributed by atoms with E-state index < -0.39 is 36.5 Å². The van der Waals surface area contributed by atoms with E-state index in [1.807, 2.05) is 0 Å². The van der Waals surface area contributed by atoms with Crippen LogP contribution in [0.2, 0.25) is 0 Å². The van der Waals surface area contributed by atoms with Gasteiger partial charge >= 0.3 is 11.9 Å². The van der Waals surface area contributed by atoms with Crippen LogP contribution in [-0.2, 0) is 14.4 Å². The third kappa shape index (κ3) is 13.3. The van der Waals surface area contributed by atoms with E-state index in [-0.39, 0.29) is 5.75 Å². The molecule has 112 valence electrons. The first-order chi connectivity index (χ1) is 8.76. The molecule has 0 radical (unpaired) electrons. The molecule has 0 bridgehead atoms. The minimum Gasteiger partial charge on any atom is -0.480 e. The van der Waals surface area contributed by atoms with E-state index in [2.05, 4.69) is 30.6 Å². The van der Waals surface area contributed by atoms with Crippen LogP contribution in [0, 0.1) is 0 Å². The number of carboxylic acids is 2. The van der Waals surface area contributed by atoms with Gasteiger partial charge in [-0.1, -0.05) is 0 Å². The van der Waals surface area contributed by atoms with Gasteiger partial charge in [0.1, 0.15) is 12.6 Å². The summed E-state index contributed by atoms with van der Waals surface area (Å²) in [5, 5.41) is 18.4.